The lowest BCUT2D eigenvalue weighted by Gasteiger charge is -2.13. The molecule has 0 amide bonds. The van der Waals surface area contributed by atoms with Crippen LogP contribution in [0.3, 0.4) is 0 Å². The molecule has 0 saturated heterocycles. The predicted molar refractivity (Wildman–Crippen MR) is 148 cm³/mol. The fraction of sp³-hybridized carbons (Fsp3) is 0.115. The number of carboxylic acids is 1. The largest absolute Gasteiger partial charge is 0.478 e. The van der Waals surface area contributed by atoms with Crippen LogP contribution in [0.15, 0.2) is 67.1 Å². The second kappa shape index (κ2) is 10.9. The van der Waals surface area contributed by atoms with Crippen molar-refractivity contribution in [2.24, 2.45) is 0 Å². The van der Waals surface area contributed by atoms with Crippen molar-refractivity contribution in [2.45, 2.75) is 12.8 Å². The van der Waals surface area contributed by atoms with Crippen LogP contribution in [-0.2, 0) is 6.42 Å². The minimum absolute atomic E-state index is 0.0661. The number of aromatic amines is 1. The number of halogens is 2. The summed E-state index contributed by atoms with van der Waals surface area (Å²) in [5.74, 6) is 0.355. The summed E-state index contributed by atoms with van der Waals surface area (Å²) in [5, 5.41) is 15.8. The lowest BCUT2D eigenvalue weighted by molar-refractivity contribution is 0.0696. The second-order valence-corrected chi connectivity index (χ2v) is 9.37. The summed E-state index contributed by atoms with van der Waals surface area (Å²) in [7, 11) is 0. The second-order valence-electron chi connectivity index (χ2n) is 8.21. The average molecular weight is 609 g/mol. The molecule has 3 aromatic heterocycles. The molecule has 186 valence electrons. The van der Waals surface area contributed by atoms with Crippen LogP contribution >= 0.6 is 22.6 Å². The molecule has 0 radical (unpaired) electrons. The number of carbonyl (C=O) groups is 1. The number of nitrogens with zero attached hydrogens (tertiary/aromatic N) is 4. The number of pyridine rings is 1. The Morgan fingerprint density at radius 1 is 1.08 bits per heavy atom. The zero-order valence-electron chi connectivity index (χ0n) is 19.4. The highest BCUT2D eigenvalue weighted by atomic mass is 127. The Hall–Kier alpha value is -4.13. The number of para-hydroxylation sites is 2. The van der Waals surface area contributed by atoms with Gasteiger partial charge in [-0.05, 0) is 65.4 Å². The predicted octanol–water partition coefficient (Wildman–Crippen LogP) is 5.65. The summed E-state index contributed by atoms with van der Waals surface area (Å²) < 4.78 is 14.1. The van der Waals surface area contributed by atoms with E-state index >= 15 is 0 Å². The Balaban J connectivity index is 1.37. The molecule has 37 heavy (non-hydrogen) atoms. The number of fused-ring (bicyclic) bond motifs is 1. The topological polar surface area (TPSA) is 129 Å². The molecular weight excluding hydrogens is 588 g/mol. The molecule has 0 bridgehead atoms. The van der Waals surface area contributed by atoms with Gasteiger partial charge in [0.05, 0.1) is 20.2 Å². The summed E-state index contributed by atoms with van der Waals surface area (Å²) in [4.78, 5) is 32.5. The average Bonchev–Trinajstić information content (AvgIpc) is 3.32. The zero-order valence-corrected chi connectivity index (χ0v) is 21.5. The van der Waals surface area contributed by atoms with Gasteiger partial charge in [0.25, 0.3) is 0 Å². The highest BCUT2D eigenvalue weighted by Crippen LogP contribution is 2.28. The first-order chi connectivity index (χ1) is 18.0. The highest BCUT2D eigenvalue weighted by molar-refractivity contribution is 14.1. The van der Waals surface area contributed by atoms with Crippen LogP contribution in [0.4, 0.5) is 21.8 Å². The van der Waals surface area contributed by atoms with Gasteiger partial charge in [-0.25, -0.2) is 19.2 Å². The molecule has 0 aliphatic heterocycles. The van der Waals surface area contributed by atoms with Gasteiger partial charge in [0, 0.05) is 48.4 Å². The zero-order chi connectivity index (χ0) is 25.8. The van der Waals surface area contributed by atoms with E-state index in [9.17, 15) is 14.3 Å². The monoisotopic (exact) mass is 609 g/mol. The van der Waals surface area contributed by atoms with Gasteiger partial charge in [0.1, 0.15) is 17.5 Å². The van der Waals surface area contributed by atoms with Crippen LogP contribution in [-0.4, -0.2) is 42.5 Å². The minimum atomic E-state index is -1.07. The number of aromatic carboxylic acids is 1. The van der Waals surface area contributed by atoms with Crippen LogP contribution in [0, 0.1) is 9.39 Å². The molecule has 5 rings (SSSR count). The van der Waals surface area contributed by atoms with Crippen LogP contribution in [0.5, 0.6) is 0 Å². The van der Waals surface area contributed by atoms with E-state index in [4.69, 9.17) is 0 Å². The van der Waals surface area contributed by atoms with Gasteiger partial charge < -0.3 is 20.7 Å². The van der Waals surface area contributed by atoms with E-state index in [2.05, 4.69) is 35.6 Å². The number of aryl methyl sites for hydroxylation is 1. The Labute approximate surface area is 224 Å². The normalized spacial score (nSPS) is 11.0. The lowest BCUT2D eigenvalue weighted by Crippen LogP contribution is -2.09. The van der Waals surface area contributed by atoms with E-state index in [1.165, 1.54) is 18.3 Å². The van der Waals surface area contributed by atoms with Crippen LogP contribution in [0.2, 0.25) is 0 Å². The number of nitrogens with one attached hydrogen (secondary N) is 3. The number of carboxylic acid groups (broad SMARTS) is 1. The first-order valence-electron chi connectivity index (χ1n) is 11.4. The standard InChI is InChI=1S/C26H21FIN7O2/c27-19-8-7-17(11-20(19)28)32-26-31-14-18(15-10-16(25(36)37)13-29-12-15)24(35-26)30-9-3-6-23-33-21-4-1-2-5-22(21)34-23/h1-2,4-5,7-8,10-14H,3,6,9H2,(H,33,34)(H,36,37)(H2,30,31,32,35). The first-order valence-corrected chi connectivity index (χ1v) is 12.5. The van der Waals surface area contributed by atoms with Crippen molar-refractivity contribution in [3.63, 3.8) is 0 Å². The molecule has 0 spiro atoms. The number of rotatable bonds is 9. The molecule has 4 N–H and O–H groups in total. The van der Waals surface area contributed by atoms with Gasteiger partial charge in [-0.1, -0.05) is 12.1 Å². The van der Waals surface area contributed by atoms with Crippen molar-refractivity contribution in [2.75, 3.05) is 17.2 Å². The van der Waals surface area contributed by atoms with Crippen molar-refractivity contribution < 1.29 is 14.3 Å². The quantitative estimate of drug-likeness (QED) is 0.125. The van der Waals surface area contributed by atoms with Crippen LogP contribution in [0.1, 0.15) is 22.6 Å². The molecule has 2 aromatic carbocycles. The van der Waals surface area contributed by atoms with Gasteiger partial charge in [-0.3, -0.25) is 4.98 Å². The lowest BCUT2D eigenvalue weighted by atomic mass is 10.1. The molecule has 5 aromatic rings. The van der Waals surface area contributed by atoms with E-state index < -0.39 is 5.97 Å². The molecule has 11 heteroatoms. The maximum atomic E-state index is 13.7. The van der Waals surface area contributed by atoms with E-state index in [1.54, 1.807) is 24.5 Å². The summed E-state index contributed by atoms with van der Waals surface area (Å²) in [6.45, 7) is 0.584. The molecule has 3 heterocycles. The molecule has 0 saturated carbocycles. The SMILES string of the molecule is O=C(O)c1cncc(-c2cnc(Nc3ccc(F)c(I)c3)nc2NCCCc2nc3ccccc3[nH]2)c1. The van der Waals surface area contributed by atoms with Gasteiger partial charge in [0.15, 0.2) is 0 Å². The van der Waals surface area contributed by atoms with Crippen molar-refractivity contribution >= 4 is 57.0 Å². The first kappa shape index (κ1) is 24.6. The number of imidazole rings is 1. The van der Waals surface area contributed by atoms with Gasteiger partial charge in [0.2, 0.25) is 5.95 Å². The van der Waals surface area contributed by atoms with Crippen molar-refractivity contribution in [3.05, 3.63) is 87.9 Å². The Kier molecular flexibility index (Phi) is 7.21. The van der Waals surface area contributed by atoms with E-state index in [-0.39, 0.29) is 11.4 Å². The Morgan fingerprint density at radius 2 is 1.95 bits per heavy atom. The number of anilines is 3. The van der Waals surface area contributed by atoms with E-state index in [0.29, 0.717) is 38.7 Å². The highest BCUT2D eigenvalue weighted by Gasteiger charge is 2.13. The fourth-order valence-electron chi connectivity index (χ4n) is 3.78. The molecule has 0 unspecified atom stereocenters. The molecule has 0 aliphatic carbocycles. The third-order valence-electron chi connectivity index (χ3n) is 5.58. The maximum Gasteiger partial charge on any atom is 0.337 e. The van der Waals surface area contributed by atoms with Crippen LogP contribution < -0.4 is 10.6 Å². The number of benzene rings is 2. The summed E-state index contributed by atoms with van der Waals surface area (Å²) in [6.07, 6.45) is 5.97. The number of hydrogen-bond acceptors (Lipinski definition) is 7. The van der Waals surface area contributed by atoms with Crippen molar-refractivity contribution in [1.29, 1.82) is 0 Å². The molecule has 0 fully saturated rings. The summed E-state index contributed by atoms with van der Waals surface area (Å²) in [6, 6.07) is 14.1. The molecule has 0 aliphatic rings. The minimum Gasteiger partial charge on any atom is -0.478 e. The Bertz CT molecular complexity index is 1560. The number of hydrogen-bond donors (Lipinski definition) is 4. The smallest absolute Gasteiger partial charge is 0.337 e. The fourth-order valence-corrected chi connectivity index (χ4v) is 4.30. The van der Waals surface area contributed by atoms with E-state index in [1.807, 2.05) is 46.9 Å². The molecular formula is C26H21FIN7O2. The number of H-pyrrole nitrogens is 1. The van der Waals surface area contributed by atoms with Gasteiger partial charge in [-0.15, -0.1) is 0 Å². The number of aromatic nitrogens is 5. The summed E-state index contributed by atoms with van der Waals surface area (Å²) >= 11 is 1.92. The summed E-state index contributed by atoms with van der Waals surface area (Å²) in [5.41, 5.74) is 3.82. The molecule has 9 nitrogen and oxygen atoms in total. The van der Waals surface area contributed by atoms with Gasteiger partial charge in [-0.2, -0.15) is 4.98 Å². The Morgan fingerprint density at radius 3 is 2.76 bits per heavy atom. The van der Waals surface area contributed by atoms with Crippen molar-refractivity contribution in [1.82, 2.24) is 24.9 Å². The van der Waals surface area contributed by atoms with Crippen molar-refractivity contribution in [3.8, 4) is 11.1 Å². The third kappa shape index (κ3) is 5.82. The molecule has 0 atom stereocenters. The van der Waals surface area contributed by atoms with Crippen LogP contribution in [0.25, 0.3) is 22.2 Å². The van der Waals surface area contributed by atoms with Gasteiger partial charge >= 0.3 is 5.97 Å². The third-order valence-corrected chi connectivity index (χ3v) is 6.41. The maximum absolute atomic E-state index is 13.7. The van der Waals surface area contributed by atoms with E-state index in [0.717, 1.165) is 29.7 Å².